The van der Waals surface area contributed by atoms with Gasteiger partial charge in [0.1, 0.15) is 0 Å². The lowest BCUT2D eigenvalue weighted by Crippen LogP contribution is -2.35. The lowest BCUT2D eigenvalue weighted by Gasteiger charge is -2.26. The lowest BCUT2D eigenvalue weighted by molar-refractivity contribution is 0.443. The number of nitrogens with two attached hydrogens (primary N) is 1. The summed E-state index contributed by atoms with van der Waals surface area (Å²) in [7, 11) is 2.01. The van der Waals surface area contributed by atoms with Crippen molar-refractivity contribution >= 4 is 16.8 Å². The summed E-state index contributed by atoms with van der Waals surface area (Å²) in [6, 6.07) is 2.22. The molecule has 0 aliphatic carbocycles. The zero-order valence-electron chi connectivity index (χ0n) is 9.77. The average molecular weight is 220 g/mol. The molecule has 2 aromatic heterocycles. The van der Waals surface area contributed by atoms with Crippen molar-refractivity contribution in [3.05, 3.63) is 18.0 Å². The second kappa shape index (κ2) is 4.09. The molecule has 0 aliphatic heterocycles. The predicted octanol–water partition coefficient (Wildman–Crippen LogP) is 1.31. The van der Waals surface area contributed by atoms with Gasteiger partial charge in [0.2, 0.25) is 0 Å². The first-order valence-electron chi connectivity index (χ1n) is 5.29. The van der Waals surface area contributed by atoms with Gasteiger partial charge in [-0.15, -0.1) is 0 Å². The molecule has 2 N–H and O–H groups in total. The van der Waals surface area contributed by atoms with Crippen LogP contribution in [-0.2, 0) is 0 Å². The minimum atomic E-state index is 0.264. The van der Waals surface area contributed by atoms with Gasteiger partial charge < -0.3 is 15.2 Å². The van der Waals surface area contributed by atoms with Crippen molar-refractivity contribution in [2.24, 2.45) is 5.73 Å². The molecule has 5 heteroatoms. The van der Waals surface area contributed by atoms with Crippen molar-refractivity contribution in [1.82, 2.24) is 10.1 Å². The van der Waals surface area contributed by atoms with Gasteiger partial charge in [0, 0.05) is 25.8 Å². The fourth-order valence-electron chi connectivity index (χ4n) is 1.69. The Hall–Kier alpha value is -1.62. The summed E-state index contributed by atoms with van der Waals surface area (Å²) in [6.07, 6.45) is 1.72. The van der Waals surface area contributed by atoms with Crippen LogP contribution in [0.4, 0.5) is 5.69 Å². The summed E-state index contributed by atoms with van der Waals surface area (Å²) >= 11 is 0. The number of likely N-dealkylation sites (N-methyl/N-ethyl adjacent to an activating group) is 1. The van der Waals surface area contributed by atoms with Crippen LogP contribution in [0.2, 0.25) is 0 Å². The first-order chi connectivity index (χ1) is 7.65. The van der Waals surface area contributed by atoms with Crippen LogP contribution < -0.4 is 10.6 Å². The van der Waals surface area contributed by atoms with Gasteiger partial charge in [-0.2, -0.15) is 0 Å². The van der Waals surface area contributed by atoms with E-state index < -0.39 is 0 Å². The maximum absolute atomic E-state index is 5.67. The Morgan fingerprint density at radius 2 is 2.31 bits per heavy atom. The Balaban J connectivity index is 2.55. The number of hydrogen-bond acceptors (Lipinski definition) is 5. The molecule has 2 heterocycles. The van der Waals surface area contributed by atoms with E-state index in [1.54, 1.807) is 6.20 Å². The molecule has 0 spiro atoms. The van der Waals surface area contributed by atoms with Crippen LogP contribution in [0, 0.1) is 6.92 Å². The molecule has 1 atom stereocenters. The zero-order chi connectivity index (χ0) is 11.7. The van der Waals surface area contributed by atoms with Gasteiger partial charge in [-0.25, -0.2) is 4.98 Å². The molecular formula is C11H16N4O. The van der Waals surface area contributed by atoms with Crippen molar-refractivity contribution in [2.75, 3.05) is 18.5 Å². The fourth-order valence-corrected chi connectivity index (χ4v) is 1.69. The molecule has 16 heavy (non-hydrogen) atoms. The normalized spacial score (nSPS) is 13.0. The minimum Gasteiger partial charge on any atom is -0.370 e. The van der Waals surface area contributed by atoms with E-state index in [1.807, 2.05) is 20.0 Å². The molecule has 2 rings (SSSR count). The Labute approximate surface area is 94.2 Å². The Kier molecular flexibility index (Phi) is 2.78. The van der Waals surface area contributed by atoms with Crippen molar-refractivity contribution < 1.29 is 4.52 Å². The van der Waals surface area contributed by atoms with Gasteiger partial charge in [0.15, 0.2) is 0 Å². The molecule has 0 fully saturated rings. The third-order valence-corrected chi connectivity index (χ3v) is 2.91. The maximum Gasteiger partial charge on any atom is 0.260 e. The van der Waals surface area contributed by atoms with Crippen LogP contribution >= 0.6 is 0 Å². The number of aromatic nitrogens is 2. The van der Waals surface area contributed by atoms with E-state index in [1.165, 1.54) is 0 Å². The maximum atomic E-state index is 5.67. The largest absolute Gasteiger partial charge is 0.370 e. The second-order valence-electron chi connectivity index (χ2n) is 3.97. The first-order valence-corrected chi connectivity index (χ1v) is 5.29. The summed E-state index contributed by atoms with van der Waals surface area (Å²) in [6.45, 7) is 4.59. The summed E-state index contributed by atoms with van der Waals surface area (Å²) in [5.74, 6) is 0. The molecule has 0 amide bonds. The molecule has 0 radical (unpaired) electrons. The molecule has 1 unspecified atom stereocenters. The second-order valence-corrected chi connectivity index (χ2v) is 3.97. The predicted molar refractivity (Wildman–Crippen MR) is 63.5 cm³/mol. The standard InChI is InChI=1S/C11H16N4O/c1-7(6-12)15(3)9-4-5-13-11-10(9)8(2)14-16-11/h4-5,7H,6,12H2,1-3H3. The monoisotopic (exact) mass is 220 g/mol. The minimum absolute atomic E-state index is 0.264. The highest BCUT2D eigenvalue weighted by Gasteiger charge is 2.16. The number of anilines is 1. The van der Waals surface area contributed by atoms with Crippen molar-refractivity contribution in [3.8, 4) is 0 Å². The Bertz CT molecular complexity index is 494. The van der Waals surface area contributed by atoms with Gasteiger partial charge in [-0.1, -0.05) is 5.16 Å². The third kappa shape index (κ3) is 1.63. The van der Waals surface area contributed by atoms with Gasteiger partial charge in [0.25, 0.3) is 5.71 Å². The summed E-state index contributed by atoms with van der Waals surface area (Å²) < 4.78 is 5.13. The fraction of sp³-hybridized carbons (Fsp3) is 0.455. The summed E-state index contributed by atoms with van der Waals surface area (Å²) in [5.41, 5.74) is 8.16. The molecule has 2 aromatic rings. The van der Waals surface area contributed by atoms with Crippen molar-refractivity contribution in [2.45, 2.75) is 19.9 Å². The van der Waals surface area contributed by atoms with E-state index in [0.717, 1.165) is 16.8 Å². The van der Waals surface area contributed by atoms with Crippen LogP contribution in [0.15, 0.2) is 16.8 Å². The highest BCUT2D eigenvalue weighted by molar-refractivity contribution is 5.90. The van der Waals surface area contributed by atoms with Crippen molar-refractivity contribution in [3.63, 3.8) is 0 Å². The number of nitrogens with zero attached hydrogens (tertiary/aromatic N) is 3. The van der Waals surface area contributed by atoms with Crippen LogP contribution in [-0.4, -0.2) is 29.8 Å². The smallest absolute Gasteiger partial charge is 0.260 e. The number of fused-ring (bicyclic) bond motifs is 1. The van der Waals surface area contributed by atoms with Gasteiger partial charge in [-0.05, 0) is 19.9 Å². The molecule has 0 saturated heterocycles. The summed E-state index contributed by atoms with van der Waals surface area (Å²) in [5, 5.41) is 4.89. The van der Waals surface area contributed by atoms with E-state index in [4.69, 9.17) is 10.3 Å². The zero-order valence-corrected chi connectivity index (χ0v) is 9.77. The van der Waals surface area contributed by atoms with Crippen LogP contribution in [0.25, 0.3) is 11.1 Å². The van der Waals surface area contributed by atoms with Gasteiger partial charge >= 0.3 is 0 Å². The molecule has 0 aliphatic rings. The SMILES string of the molecule is Cc1noc2nccc(N(C)C(C)CN)c12. The van der Waals surface area contributed by atoms with E-state index in [0.29, 0.717) is 12.3 Å². The van der Waals surface area contributed by atoms with E-state index >= 15 is 0 Å². The average Bonchev–Trinajstić information content (AvgIpc) is 2.69. The molecule has 0 aromatic carbocycles. The van der Waals surface area contributed by atoms with E-state index in [2.05, 4.69) is 22.0 Å². The molecule has 86 valence electrons. The van der Waals surface area contributed by atoms with E-state index in [-0.39, 0.29) is 6.04 Å². The summed E-state index contributed by atoms with van der Waals surface area (Å²) in [4.78, 5) is 6.26. The molecular weight excluding hydrogens is 204 g/mol. The Morgan fingerprint density at radius 3 is 3.00 bits per heavy atom. The Morgan fingerprint density at radius 1 is 1.56 bits per heavy atom. The van der Waals surface area contributed by atoms with Crippen LogP contribution in [0.5, 0.6) is 0 Å². The number of hydrogen-bond donors (Lipinski definition) is 1. The van der Waals surface area contributed by atoms with Crippen molar-refractivity contribution in [1.29, 1.82) is 0 Å². The highest BCUT2D eigenvalue weighted by Crippen LogP contribution is 2.28. The lowest BCUT2D eigenvalue weighted by atomic mass is 10.2. The number of aryl methyl sites for hydroxylation is 1. The van der Waals surface area contributed by atoms with Crippen LogP contribution in [0.1, 0.15) is 12.6 Å². The number of rotatable bonds is 3. The molecule has 5 nitrogen and oxygen atoms in total. The van der Waals surface area contributed by atoms with Gasteiger partial charge in [-0.3, -0.25) is 0 Å². The third-order valence-electron chi connectivity index (χ3n) is 2.91. The first kappa shape index (κ1) is 10.9. The quantitative estimate of drug-likeness (QED) is 0.844. The van der Waals surface area contributed by atoms with Crippen LogP contribution in [0.3, 0.4) is 0 Å². The topological polar surface area (TPSA) is 68.2 Å². The molecule has 0 saturated carbocycles. The highest BCUT2D eigenvalue weighted by atomic mass is 16.5. The van der Waals surface area contributed by atoms with Gasteiger partial charge in [0.05, 0.1) is 16.8 Å². The van der Waals surface area contributed by atoms with E-state index in [9.17, 15) is 0 Å². The number of pyridine rings is 1. The molecule has 0 bridgehead atoms.